The van der Waals surface area contributed by atoms with Gasteiger partial charge in [0, 0.05) is 0 Å². The summed E-state index contributed by atoms with van der Waals surface area (Å²) in [5.74, 6) is -2.25. The Kier molecular flexibility index (Phi) is 4.79. The molecule has 4 N–H and O–H groups in total. The van der Waals surface area contributed by atoms with Crippen LogP contribution in [-0.4, -0.2) is 34.9 Å². The standard InChI is InChI=1S/C11H10FN3O4/c12-7-3-6(4-13)1-2-8(7)14-11(19)15-9(5-16)10(17)18/h1-3,9,16H,5H2,(H,17,18)(H2,14,15,19)/t9-/m0/s1. The topological polar surface area (TPSA) is 122 Å². The van der Waals surface area contributed by atoms with E-state index in [0.29, 0.717) is 0 Å². The highest BCUT2D eigenvalue weighted by atomic mass is 19.1. The number of aliphatic carboxylic acids is 1. The molecule has 19 heavy (non-hydrogen) atoms. The molecule has 0 aliphatic heterocycles. The fourth-order valence-corrected chi connectivity index (χ4v) is 1.19. The Labute approximate surface area is 107 Å². The van der Waals surface area contributed by atoms with Gasteiger partial charge in [-0.1, -0.05) is 0 Å². The Balaban J connectivity index is 2.72. The average Bonchev–Trinajstić information content (AvgIpc) is 2.37. The fourth-order valence-electron chi connectivity index (χ4n) is 1.19. The number of urea groups is 1. The normalized spacial score (nSPS) is 11.2. The van der Waals surface area contributed by atoms with E-state index in [1.54, 1.807) is 6.07 Å². The van der Waals surface area contributed by atoms with Crippen molar-refractivity contribution in [2.45, 2.75) is 6.04 Å². The Morgan fingerprint density at radius 2 is 2.16 bits per heavy atom. The van der Waals surface area contributed by atoms with Gasteiger partial charge in [0.1, 0.15) is 5.82 Å². The van der Waals surface area contributed by atoms with E-state index in [0.717, 1.165) is 6.07 Å². The molecule has 0 aliphatic carbocycles. The van der Waals surface area contributed by atoms with Crippen LogP contribution >= 0.6 is 0 Å². The van der Waals surface area contributed by atoms with Crippen molar-refractivity contribution in [3.05, 3.63) is 29.6 Å². The van der Waals surface area contributed by atoms with Gasteiger partial charge in [0.25, 0.3) is 0 Å². The Morgan fingerprint density at radius 1 is 1.47 bits per heavy atom. The summed E-state index contributed by atoms with van der Waals surface area (Å²) >= 11 is 0. The van der Waals surface area contributed by atoms with Crippen LogP contribution in [0.2, 0.25) is 0 Å². The van der Waals surface area contributed by atoms with Gasteiger partial charge in [-0.15, -0.1) is 0 Å². The molecule has 0 bridgehead atoms. The monoisotopic (exact) mass is 267 g/mol. The summed E-state index contributed by atoms with van der Waals surface area (Å²) in [5.41, 5.74) is -0.124. The maximum Gasteiger partial charge on any atom is 0.328 e. The number of nitrogens with one attached hydrogen (secondary N) is 2. The molecule has 8 heteroatoms. The number of carbonyl (C=O) groups excluding carboxylic acids is 1. The first kappa shape index (κ1) is 14.4. The number of halogens is 1. The number of nitriles is 1. The smallest absolute Gasteiger partial charge is 0.328 e. The van der Waals surface area contributed by atoms with E-state index in [1.807, 2.05) is 5.32 Å². The molecule has 1 aromatic carbocycles. The molecule has 0 saturated heterocycles. The molecule has 7 nitrogen and oxygen atoms in total. The average molecular weight is 267 g/mol. The number of amides is 2. The van der Waals surface area contributed by atoms with Crippen LogP contribution in [0.15, 0.2) is 18.2 Å². The molecule has 0 unspecified atom stereocenters. The Bertz CT molecular complexity index is 541. The molecule has 0 spiro atoms. The summed E-state index contributed by atoms with van der Waals surface area (Å²) in [6, 6.07) is 2.65. The second-order valence-corrected chi connectivity index (χ2v) is 3.48. The molecule has 2 amide bonds. The Morgan fingerprint density at radius 3 is 2.63 bits per heavy atom. The molecular weight excluding hydrogens is 257 g/mol. The molecule has 0 fully saturated rings. The third kappa shape index (κ3) is 3.93. The van der Waals surface area contributed by atoms with Gasteiger partial charge in [-0.2, -0.15) is 5.26 Å². The highest BCUT2D eigenvalue weighted by Gasteiger charge is 2.19. The number of aliphatic hydroxyl groups is 1. The number of carbonyl (C=O) groups is 2. The fraction of sp³-hybridized carbons (Fsp3) is 0.182. The van der Waals surface area contributed by atoms with E-state index < -0.39 is 30.5 Å². The van der Waals surface area contributed by atoms with Crippen molar-refractivity contribution in [1.29, 1.82) is 5.26 Å². The van der Waals surface area contributed by atoms with Crippen molar-refractivity contribution >= 4 is 17.7 Å². The minimum absolute atomic E-state index is 0.0854. The molecule has 0 aromatic heterocycles. The summed E-state index contributed by atoms with van der Waals surface area (Å²) in [6.45, 7) is -0.793. The van der Waals surface area contributed by atoms with Crippen molar-refractivity contribution in [2.24, 2.45) is 0 Å². The van der Waals surface area contributed by atoms with Gasteiger partial charge >= 0.3 is 12.0 Å². The number of aliphatic hydroxyl groups excluding tert-OH is 1. The highest BCUT2D eigenvalue weighted by Crippen LogP contribution is 2.15. The van der Waals surface area contributed by atoms with Gasteiger partial charge in [0.2, 0.25) is 0 Å². The number of carboxylic acid groups (broad SMARTS) is 1. The van der Waals surface area contributed by atoms with Gasteiger partial charge in [-0.05, 0) is 18.2 Å². The third-order valence-electron chi connectivity index (χ3n) is 2.13. The predicted octanol–water partition coefficient (Wildman–Crippen LogP) is 0.264. The van der Waals surface area contributed by atoms with Crippen LogP contribution in [0.1, 0.15) is 5.56 Å². The minimum atomic E-state index is -1.48. The molecule has 0 aliphatic rings. The number of nitrogens with zero attached hydrogens (tertiary/aromatic N) is 1. The van der Waals surface area contributed by atoms with E-state index in [2.05, 4.69) is 5.32 Å². The predicted molar refractivity (Wildman–Crippen MR) is 61.8 cm³/mol. The van der Waals surface area contributed by atoms with Crippen LogP contribution in [0.25, 0.3) is 0 Å². The number of anilines is 1. The minimum Gasteiger partial charge on any atom is -0.480 e. The summed E-state index contributed by atoms with van der Waals surface area (Å²) < 4.78 is 13.4. The molecule has 0 saturated carbocycles. The maximum absolute atomic E-state index is 13.4. The first-order valence-corrected chi connectivity index (χ1v) is 5.08. The van der Waals surface area contributed by atoms with Crippen molar-refractivity contribution in [3.63, 3.8) is 0 Å². The lowest BCUT2D eigenvalue weighted by molar-refractivity contribution is -0.140. The summed E-state index contributed by atoms with van der Waals surface area (Å²) in [7, 11) is 0. The number of hydrogen-bond acceptors (Lipinski definition) is 4. The molecule has 1 rings (SSSR count). The van der Waals surface area contributed by atoms with E-state index >= 15 is 0 Å². The van der Waals surface area contributed by atoms with Crippen LogP contribution in [-0.2, 0) is 4.79 Å². The second-order valence-electron chi connectivity index (χ2n) is 3.48. The number of hydrogen-bond donors (Lipinski definition) is 4. The molecular formula is C11H10FN3O4. The first-order valence-electron chi connectivity index (χ1n) is 5.08. The molecule has 0 radical (unpaired) electrons. The molecule has 1 atom stereocenters. The van der Waals surface area contributed by atoms with E-state index in [9.17, 15) is 14.0 Å². The van der Waals surface area contributed by atoms with Crippen LogP contribution < -0.4 is 10.6 Å². The van der Waals surface area contributed by atoms with Crippen molar-refractivity contribution < 1.29 is 24.2 Å². The van der Waals surface area contributed by atoms with E-state index in [1.165, 1.54) is 12.1 Å². The Hall–Kier alpha value is -2.66. The molecule has 0 heterocycles. The molecule has 1 aromatic rings. The maximum atomic E-state index is 13.4. The van der Waals surface area contributed by atoms with E-state index in [4.69, 9.17) is 15.5 Å². The van der Waals surface area contributed by atoms with Crippen LogP contribution in [0.5, 0.6) is 0 Å². The number of benzene rings is 1. The zero-order valence-corrected chi connectivity index (χ0v) is 9.55. The van der Waals surface area contributed by atoms with Crippen molar-refractivity contribution in [2.75, 3.05) is 11.9 Å². The van der Waals surface area contributed by atoms with E-state index in [-0.39, 0.29) is 11.3 Å². The van der Waals surface area contributed by atoms with Crippen LogP contribution in [0, 0.1) is 17.1 Å². The lowest BCUT2D eigenvalue weighted by Crippen LogP contribution is -2.45. The number of carboxylic acids is 1. The van der Waals surface area contributed by atoms with Gasteiger partial charge < -0.3 is 20.8 Å². The zero-order valence-electron chi connectivity index (χ0n) is 9.55. The van der Waals surface area contributed by atoms with Gasteiger partial charge in [-0.3, -0.25) is 0 Å². The van der Waals surface area contributed by atoms with Gasteiger partial charge in [-0.25, -0.2) is 14.0 Å². The number of rotatable bonds is 4. The zero-order chi connectivity index (χ0) is 14.4. The quantitative estimate of drug-likeness (QED) is 0.623. The summed E-state index contributed by atoms with van der Waals surface area (Å²) in [6.07, 6.45) is 0. The van der Waals surface area contributed by atoms with Gasteiger partial charge in [0.05, 0.1) is 23.9 Å². The second kappa shape index (κ2) is 6.32. The van der Waals surface area contributed by atoms with Crippen LogP contribution in [0.4, 0.5) is 14.9 Å². The lowest BCUT2D eigenvalue weighted by atomic mass is 10.2. The van der Waals surface area contributed by atoms with Crippen LogP contribution in [0.3, 0.4) is 0 Å². The third-order valence-corrected chi connectivity index (χ3v) is 2.13. The SMILES string of the molecule is N#Cc1ccc(NC(=O)N[C@@H](CO)C(=O)O)c(F)c1. The van der Waals surface area contributed by atoms with Crippen molar-refractivity contribution in [1.82, 2.24) is 5.32 Å². The summed E-state index contributed by atoms with van der Waals surface area (Å²) in [5, 5.41) is 29.8. The first-order chi connectivity index (χ1) is 8.97. The summed E-state index contributed by atoms with van der Waals surface area (Å²) in [4.78, 5) is 21.9. The highest BCUT2D eigenvalue weighted by molar-refractivity contribution is 5.92. The van der Waals surface area contributed by atoms with Gasteiger partial charge in [0.15, 0.2) is 6.04 Å². The molecule has 100 valence electrons. The lowest BCUT2D eigenvalue weighted by Gasteiger charge is -2.13. The van der Waals surface area contributed by atoms with Crippen molar-refractivity contribution in [3.8, 4) is 6.07 Å². The largest absolute Gasteiger partial charge is 0.480 e.